The van der Waals surface area contributed by atoms with Gasteiger partial charge < -0.3 is 23.9 Å². The molecule has 52 heavy (non-hydrogen) atoms. The molecule has 7 rings (SSSR count). The Balaban J connectivity index is 1.41. The summed E-state index contributed by atoms with van der Waals surface area (Å²) >= 11 is 13.5. The first kappa shape index (κ1) is 35.3. The molecule has 0 radical (unpaired) electrons. The number of halogens is 2. The van der Waals surface area contributed by atoms with Gasteiger partial charge in [0, 0.05) is 64.9 Å². The van der Waals surface area contributed by atoms with Gasteiger partial charge in [-0.3, -0.25) is 14.3 Å². The van der Waals surface area contributed by atoms with Crippen LogP contribution in [0.1, 0.15) is 78.8 Å². The summed E-state index contributed by atoms with van der Waals surface area (Å²) in [4.78, 5) is 41.0. The van der Waals surface area contributed by atoms with Crippen molar-refractivity contribution in [2.45, 2.75) is 53.5 Å². The number of carboxylic acid groups (broad SMARTS) is 1. The van der Waals surface area contributed by atoms with Gasteiger partial charge in [-0.15, -0.1) is 0 Å². The Bertz CT molecular complexity index is 2470. The number of benzene rings is 3. The van der Waals surface area contributed by atoms with Crippen LogP contribution in [0, 0.1) is 27.7 Å². The standard InChI is InChI=1S/C40H39Cl2N5O5/c1-20-13-27(14-21(2)35(20)42)52-12-8-9-28-29-10-11-30(41)34(33-23(4)43-45(7)24(33)5)37(29)47-22(3)18-46(39(49)38(28)47)31-16-25(19-48)15-26-17-32(40(50)51)44(6)36(26)31/h10-11,13-17,19,22H,8-9,12,18H2,1-7H3,(H,50,51)/t22-/m1/s1. The van der Waals surface area contributed by atoms with Gasteiger partial charge in [0.15, 0.2) is 0 Å². The van der Waals surface area contributed by atoms with Crippen LogP contribution < -0.4 is 9.64 Å². The van der Waals surface area contributed by atoms with Gasteiger partial charge in [0.1, 0.15) is 23.4 Å². The lowest BCUT2D eigenvalue weighted by Gasteiger charge is -2.35. The molecule has 6 aromatic rings. The second-order valence-corrected chi connectivity index (χ2v) is 14.5. The SMILES string of the molecule is Cc1cc(OCCCc2c3n(c4c(-c5c(C)nn(C)c5C)c(Cl)ccc24)[C@H](C)CN(c2cc(C=O)cc4cc(C(=O)O)n(C)c24)C3=O)cc(C)c1Cl. The number of amides is 1. The van der Waals surface area contributed by atoms with Crippen molar-refractivity contribution in [2.75, 3.05) is 18.1 Å². The second-order valence-electron chi connectivity index (χ2n) is 13.8. The maximum atomic E-state index is 15.1. The van der Waals surface area contributed by atoms with Crippen LogP contribution in [-0.4, -0.2) is 55.3 Å². The molecule has 0 aliphatic carbocycles. The Morgan fingerprint density at radius 3 is 2.37 bits per heavy atom. The van der Waals surface area contributed by atoms with Crippen LogP contribution in [0.5, 0.6) is 5.75 Å². The summed E-state index contributed by atoms with van der Waals surface area (Å²) in [5.74, 6) is -0.620. The van der Waals surface area contributed by atoms with E-state index in [1.54, 1.807) is 28.6 Å². The molecular formula is C40H39Cl2N5O5. The van der Waals surface area contributed by atoms with Crippen molar-refractivity contribution in [1.29, 1.82) is 0 Å². The number of carbonyl (C=O) groups excluding carboxylic acids is 2. The Kier molecular flexibility index (Phi) is 8.95. The van der Waals surface area contributed by atoms with E-state index >= 15 is 4.79 Å². The molecule has 3 aromatic carbocycles. The molecule has 1 atom stereocenters. The lowest BCUT2D eigenvalue weighted by Crippen LogP contribution is -2.43. The van der Waals surface area contributed by atoms with E-state index in [1.807, 2.05) is 63.7 Å². The van der Waals surface area contributed by atoms with Crippen molar-refractivity contribution in [3.8, 4) is 16.9 Å². The quantitative estimate of drug-likeness (QED) is 0.117. The first-order valence-electron chi connectivity index (χ1n) is 17.1. The zero-order valence-corrected chi connectivity index (χ0v) is 31.6. The van der Waals surface area contributed by atoms with Gasteiger partial charge in [0.05, 0.1) is 34.0 Å². The highest BCUT2D eigenvalue weighted by Crippen LogP contribution is 2.46. The third-order valence-electron chi connectivity index (χ3n) is 10.3. The van der Waals surface area contributed by atoms with Crippen molar-refractivity contribution in [2.24, 2.45) is 14.1 Å². The highest BCUT2D eigenvalue weighted by atomic mass is 35.5. The molecule has 3 aromatic heterocycles. The van der Waals surface area contributed by atoms with E-state index in [-0.39, 0.29) is 24.2 Å². The summed E-state index contributed by atoms with van der Waals surface area (Å²) in [5.41, 5.74) is 9.09. The minimum Gasteiger partial charge on any atom is -0.494 e. The van der Waals surface area contributed by atoms with Crippen LogP contribution in [0.25, 0.3) is 32.9 Å². The number of hydrogen-bond acceptors (Lipinski definition) is 5. The van der Waals surface area contributed by atoms with Gasteiger partial charge in [-0.2, -0.15) is 5.10 Å². The van der Waals surface area contributed by atoms with Gasteiger partial charge in [0.25, 0.3) is 5.91 Å². The molecule has 12 heteroatoms. The van der Waals surface area contributed by atoms with E-state index in [0.717, 1.165) is 60.9 Å². The highest BCUT2D eigenvalue weighted by molar-refractivity contribution is 6.35. The Morgan fingerprint density at radius 2 is 1.73 bits per heavy atom. The summed E-state index contributed by atoms with van der Waals surface area (Å²) < 4.78 is 11.7. The van der Waals surface area contributed by atoms with Crippen LogP contribution in [0.15, 0.2) is 42.5 Å². The number of aromatic nitrogens is 4. The van der Waals surface area contributed by atoms with E-state index in [1.165, 1.54) is 6.07 Å². The summed E-state index contributed by atoms with van der Waals surface area (Å²) in [7, 11) is 3.56. The first-order valence-corrected chi connectivity index (χ1v) is 17.9. The Hall–Kier alpha value is -5.06. The molecule has 1 N–H and O–H groups in total. The Labute approximate surface area is 311 Å². The third-order valence-corrected chi connectivity index (χ3v) is 11.3. The molecule has 268 valence electrons. The summed E-state index contributed by atoms with van der Waals surface area (Å²) in [6.07, 6.45) is 1.86. The number of aryl methyl sites for hydroxylation is 6. The fraction of sp³-hybridized carbons (Fsp3) is 0.300. The predicted octanol–water partition coefficient (Wildman–Crippen LogP) is 8.82. The van der Waals surface area contributed by atoms with Crippen LogP contribution in [0.4, 0.5) is 5.69 Å². The molecule has 1 amide bonds. The van der Waals surface area contributed by atoms with Gasteiger partial charge >= 0.3 is 5.97 Å². The molecule has 1 aliphatic heterocycles. The number of anilines is 1. The largest absolute Gasteiger partial charge is 0.494 e. The summed E-state index contributed by atoms with van der Waals surface area (Å²) in [6, 6.07) is 12.3. The summed E-state index contributed by atoms with van der Waals surface area (Å²) in [5, 5.41) is 17.4. The van der Waals surface area contributed by atoms with Crippen LogP contribution in [0.2, 0.25) is 10.0 Å². The maximum absolute atomic E-state index is 15.1. The average molecular weight is 741 g/mol. The predicted molar refractivity (Wildman–Crippen MR) is 205 cm³/mol. The van der Waals surface area contributed by atoms with E-state index < -0.39 is 5.97 Å². The smallest absolute Gasteiger partial charge is 0.352 e. The number of aldehydes is 1. The minimum absolute atomic E-state index is 0.0548. The number of rotatable bonds is 9. The average Bonchev–Trinajstić information content (AvgIpc) is 3.71. The fourth-order valence-electron chi connectivity index (χ4n) is 7.92. The lowest BCUT2D eigenvalue weighted by atomic mass is 9.98. The topological polar surface area (TPSA) is 112 Å². The van der Waals surface area contributed by atoms with E-state index in [4.69, 9.17) is 33.0 Å². The molecule has 0 bridgehead atoms. The van der Waals surface area contributed by atoms with Crippen molar-refractivity contribution in [1.82, 2.24) is 18.9 Å². The number of carboxylic acids is 1. The summed E-state index contributed by atoms with van der Waals surface area (Å²) in [6.45, 7) is 10.6. The van der Waals surface area contributed by atoms with Crippen molar-refractivity contribution in [3.05, 3.63) is 97.5 Å². The molecule has 10 nitrogen and oxygen atoms in total. The molecule has 0 saturated heterocycles. The lowest BCUT2D eigenvalue weighted by molar-refractivity contribution is 0.0686. The van der Waals surface area contributed by atoms with Crippen molar-refractivity contribution >= 4 is 68.9 Å². The van der Waals surface area contributed by atoms with E-state index in [9.17, 15) is 14.7 Å². The van der Waals surface area contributed by atoms with Gasteiger partial charge in [-0.05, 0) is 101 Å². The van der Waals surface area contributed by atoms with E-state index in [2.05, 4.69) is 11.5 Å². The van der Waals surface area contributed by atoms with Crippen LogP contribution in [-0.2, 0) is 20.5 Å². The number of fused-ring (bicyclic) bond motifs is 4. The fourth-order valence-corrected chi connectivity index (χ4v) is 8.28. The van der Waals surface area contributed by atoms with E-state index in [0.29, 0.717) is 58.6 Å². The monoisotopic (exact) mass is 739 g/mol. The molecule has 0 unspecified atom stereocenters. The number of nitrogens with zero attached hydrogens (tertiary/aromatic N) is 5. The maximum Gasteiger partial charge on any atom is 0.352 e. The second kappa shape index (κ2) is 13.2. The van der Waals surface area contributed by atoms with Crippen LogP contribution >= 0.6 is 23.2 Å². The number of carbonyl (C=O) groups is 3. The molecule has 4 heterocycles. The molecule has 0 fully saturated rings. The molecule has 1 aliphatic rings. The zero-order valence-electron chi connectivity index (χ0n) is 30.1. The molecule has 0 spiro atoms. The van der Waals surface area contributed by atoms with Crippen molar-refractivity contribution < 1.29 is 24.2 Å². The Morgan fingerprint density at radius 1 is 1.02 bits per heavy atom. The highest BCUT2D eigenvalue weighted by Gasteiger charge is 2.38. The first-order chi connectivity index (χ1) is 24.7. The van der Waals surface area contributed by atoms with Crippen LogP contribution in [0.3, 0.4) is 0 Å². The molecular weight excluding hydrogens is 701 g/mol. The normalized spacial score (nSPS) is 14.4. The number of hydrogen-bond donors (Lipinski definition) is 1. The number of ether oxygens (including phenoxy) is 1. The zero-order chi connectivity index (χ0) is 37.3. The van der Waals surface area contributed by atoms with Gasteiger partial charge in [0.2, 0.25) is 0 Å². The molecule has 0 saturated carbocycles. The number of aromatic carboxylic acids is 1. The minimum atomic E-state index is -1.10. The van der Waals surface area contributed by atoms with Crippen molar-refractivity contribution in [3.63, 3.8) is 0 Å². The van der Waals surface area contributed by atoms with Gasteiger partial charge in [-0.25, -0.2) is 4.79 Å². The third kappa shape index (κ3) is 5.56. The van der Waals surface area contributed by atoms with Gasteiger partial charge in [-0.1, -0.05) is 29.3 Å².